The number of nitrogens with zero attached hydrogens (tertiary/aromatic N) is 2. The molecule has 0 amide bonds. The smallest absolute Gasteiger partial charge is 0.343 e. The van der Waals surface area contributed by atoms with Gasteiger partial charge in [-0.1, -0.05) is 6.92 Å². The molecule has 0 spiro atoms. The molecule has 0 fully saturated rings. The van der Waals surface area contributed by atoms with Crippen LogP contribution in [0.15, 0.2) is 27.9 Å². The highest BCUT2D eigenvalue weighted by molar-refractivity contribution is 7.99. The number of aromatic nitrogens is 2. The Morgan fingerprint density at radius 1 is 1.29 bits per heavy atom. The fraction of sp³-hybridized carbons (Fsp3) is 0.348. The van der Waals surface area contributed by atoms with Gasteiger partial charge in [-0.05, 0) is 42.2 Å². The van der Waals surface area contributed by atoms with Crippen LogP contribution in [0.2, 0.25) is 0 Å². The van der Waals surface area contributed by atoms with Crippen LogP contribution in [0.4, 0.5) is 0 Å². The Labute approximate surface area is 182 Å². The van der Waals surface area contributed by atoms with Gasteiger partial charge >= 0.3 is 5.97 Å². The van der Waals surface area contributed by atoms with Gasteiger partial charge in [-0.2, -0.15) is 0 Å². The molecule has 3 aliphatic heterocycles. The molecule has 0 bridgehead atoms. The Morgan fingerprint density at radius 2 is 2.13 bits per heavy atom. The molecule has 0 saturated carbocycles. The zero-order chi connectivity index (χ0) is 21.5. The lowest BCUT2D eigenvalue weighted by Crippen LogP contribution is -2.44. The van der Waals surface area contributed by atoms with Gasteiger partial charge in [-0.25, -0.2) is 9.78 Å². The van der Waals surface area contributed by atoms with E-state index in [-0.39, 0.29) is 18.6 Å². The Kier molecular flexibility index (Phi) is 3.94. The maximum atomic E-state index is 13.3. The van der Waals surface area contributed by atoms with Crippen molar-refractivity contribution >= 4 is 28.6 Å². The summed E-state index contributed by atoms with van der Waals surface area (Å²) in [5.74, 6) is 0.353. The standard InChI is InChI=1S/C23H21N3O4S/c1-2-23(29)16-6-18-20-14(9-26(18)21(27)15(16)10-30-22(23)28)13(8-24)12-5-11-3-4-31-19(11)7-17(12)25-20/h5-7,29H,2-4,8-10,24H2,1H3/t23-/m0/s1. The van der Waals surface area contributed by atoms with Crippen molar-refractivity contribution in [2.75, 3.05) is 5.75 Å². The maximum Gasteiger partial charge on any atom is 0.343 e. The van der Waals surface area contributed by atoms with Crippen LogP contribution in [0.1, 0.15) is 41.2 Å². The molecule has 2 aromatic heterocycles. The molecule has 1 aromatic carbocycles. The van der Waals surface area contributed by atoms with Crippen LogP contribution < -0.4 is 11.3 Å². The minimum absolute atomic E-state index is 0.122. The first kappa shape index (κ1) is 19.0. The average Bonchev–Trinajstić information content (AvgIpc) is 3.38. The summed E-state index contributed by atoms with van der Waals surface area (Å²) in [4.78, 5) is 31.9. The normalized spacial score (nSPS) is 20.9. The van der Waals surface area contributed by atoms with E-state index in [1.54, 1.807) is 17.6 Å². The van der Waals surface area contributed by atoms with E-state index in [4.69, 9.17) is 15.5 Å². The summed E-state index contributed by atoms with van der Waals surface area (Å²) in [6.45, 7) is 2.29. The van der Waals surface area contributed by atoms with E-state index in [1.165, 1.54) is 10.5 Å². The lowest BCUT2D eigenvalue weighted by molar-refractivity contribution is -0.172. The second-order valence-electron chi connectivity index (χ2n) is 8.30. The highest BCUT2D eigenvalue weighted by Gasteiger charge is 2.45. The molecule has 1 atom stereocenters. The molecule has 0 unspecified atom stereocenters. The van der Waals surface area contributed by atoms with E-state index < -0.39 is 11.6 Å². The number of aliphatic hydroxyl groups is 1. The third-order valence-corrected chi connectivity index (χ3v) is 7.92. The average molecular weight is 436 g/mol. The quantitative estimate of drug-likeness (QED) is 0.465. The van der Waals surface area contributed by atoms with E-state index in [9.17, 15) is 14.7 Å². The van der Waals surface area contributed by atoms with Gasteiger partial charge in [0.25, 0.3) is 5.56 Å². The summed E-state index contributed by atoms with van der Waals surface area (Å²) in [7, 11) is 0. The predicted molar refractivity (Wildman–Crippen MR) is 117 cm³/mol. The molecule has 0 radical (unpaired) electrons. The van der Waals surface area contributed by atoms with Gasteiger partial charge in [0.05, 0.1) is 29.0 Å². The van der Waals surface area contributed by atoms with Crippen LogP contribution in [-0.2, 0) is 41.2 Å². The van der Waals surface area contributed by atoms with Crippen LogP contribution in [-0.4, -0.2) is 26.4 Å². The van der Waals surface area contributed by atoms with E-state index >= 15 is 0 Å². The number of nitrogens with two attached hydrogens (primary N) is 1. The van der Waals surface area contributed by atoms with Gasteiger partial charge in [0.15, 0.2) is 5.60 Å². The van der Waals surface area contributed by atoms with Gasteiger partial charge in [0, 0.05) is 33.7 Å². The number of aryl methyl sites for hydroxylation is 1. The number of thioether (sulfide) groups is 1. The molecule has 5 heterocycles. The van der Waals surface area contributed by atoms with Crippen LogP contribution >= 0.6 is 11.8 Å². The molecule has 3 aliphatic rings. The number of carbonyl (C=O) groups excluding carboxylic acids is 1. The molecule has 0 saturated heterocycles. The zero-order valence-electron chi connectivity index (χ0n) is 17.0. The van der Waals surface area contributed by atoms with Crippen molar-refractivity contribution < 1.29 is 14.6 Å². The summed E-state index contributed by atoms with van der Waals surface area (Å²) in [5, 5.41) is 12.1. The zero-order valence-corrected chi connectivity index (χ0v) is 17.8. The first-order valence-corrected chi connectivity index (χ1v) is 11.4. The second kappa shape index (κ2) is 6.41. The van der Waals surface area contributed by atoms with Crippen LogP contribution in [0.5, 0.6) is 0 Å². The number of benzene rings is 1. The minimum atomic E-state index is -1.82. The van der Waals surface area contributed by atoms with E-state index in [2.05, 4.69) is 12.1 Å². The lowest BCUT2D eigenvalue weighted by atomic mass is 9.86. The molecule has 8 heteroatoms. The molecule has 0 aliphatic carbocycles. The number of ether oxygens (including phenoxy) is 1. The topological polar surface area (TPSA) is 107 Å². The number of cyclic esters (lactones) is 1. The van der Waals surface area contributed by atoms with Crippen molar-refractivity contribution in [1.29, 1.82) is 0 Å². The molecule has 3 aromatic rings. The number of esters is 1. The summed E-state index contributed by atoms with van der Waals surface area (Å²) < 4.78 is 6.80. The SMILES string of the molecule is CC[C@@]1(O)C(=O)OCc2c1cc1n(c2=O)Cc2c-1nc1cc3c(cc1c2CN)CCS3. The summed E-state index contributed by atoms with van der Waals surface area (Å²) in [6, 6.07) is 6.05. The predicted octanol–water partition coefficient (Wildman–Crippen LogP) is 2.19. The first-order chi connectivity index (χ1) is 15.0. The minimum Gasteiger partial charge on any atom is -0.458 e. The van der Waals surface area contributed by atoms with Crippen molar-refractivity contribution in [2.45, 2.75) is 50.0 Å². The van der Waals surface area contributed by atoms with E-state index in [0.29, 0.717) is 35.6 Å². The number of hydrogen-bond acceptors (Lipinski definition) is 7. The molecule has 7 nitrogen and oxygen atoms in total. The van der Waals surface area contributed by atoms with Gasteiger partial charge < -0.3 is 20.1 Å². The van der Waals surface area contributed by atoms with E-state index in [1.807, 2.05) is 11.8 Å². The van der Waals surface area contributed by atoms with Gasteiger partial charge in [0.2, 0.25) is 0 Å². The highest BCUT2D eigenvalue weighted by atomic mass is 32.2. The van der Waals surface area contributed by atoms with Crippen LogP contribution in [0, 0.1) is 0 Å². The molecular weight excluding hydrogens is 414 g/mol. The third kappa shape index (κ3) is 2.41. The van der Waals surface area contributed by atoms with Crippen molar-refractivity contribution in [3.8, 4) is 11.4 Å². The molecule has 3 N–H and O–H groups in total. The van der Waals surface area contributed by atoms with Gasteiger partial charge in [-0.15, -0.1) is 11.8 Å². The van der Waals surface area contributed by atoms with Gasteiger partial charge in [-0.3, -0.25) is 4.79 Å². The third-order valence-electron chi connectivity index (χ3n) is 6.82. The number of hydrogen-bond donors (Lipinski definition) is 2. The lowest BCUT2D eigenvalue weighted by Gasteiger charge is -2.31. The monoisotopic (exact) mass is 435 g/mol. The van der Waals surface area contributed by atoms with Crippen molar-refractivity contribution in [2.24, 2.45) is 5.73 Å². The van der Waals surface area contributed by atoms with Gasteiger partial charge in [0.1, 0.15) is 6.61 Å². The number of carbonyl (C=O) groups is 1. The number of rotatable bonds is 2. The van der Waals surface area contributed by atoms with Crippen molar-refractivity contribution in [3.05, 3.63) is 56.4 Å². The Bertz CT molecular complexity index is 1380. The molecule has 6 rings (SSSR count). The number of fused-ring (bicyclic) bond motifs is 6. The van der Waals surface area contributed by atoms with Crippen LogP contribution in [0.25, 0.3) is 22.3 Å². The molecule has 31 heavy (non-hydrogen) atoms. The summed E-state index contributed by atoms with van der Waals surface area (Å²) in [5.41, 5.74) is 10.2. The Hall–Kier alpha value is -2.68. The fourth-order valence-electron chi connectivity index (χ4n) is 5.07. The number of pyridine rings is 2. The molecule has 158 valence electrons. The fourth-order valence-corrected chi connectivity index (χ4v) is 6.15. The largest absolute Gasteiger partial charge is 0.458 e. The first-order valence-electron chi connectivity index (χ1n) is 10.4. The summed E-state index contributed by atoms with van der Waals surface area (Å²) >= 11 is 1.83. The van der Waals surface area contributed by atoms with Crippen molar-refractivity contribution in [3.63, 3.8) is 0 Å². The van der Waals surface area contributed by atoms with Crippen molar-refractivity contribution in [1.82, 2.24) is 9.55 Å². The van der Waals surface area contributed by atoms with E-state index in [0.717, 1.165) is 34.2 Å². The Balaban J connectivity index is 1.65. The second-order valence-corrected chi connectivity index (χ2v) is 9.44. The summed E-state index contributed by atoms with van der Waals surface area (Å²) in [6.07, 6.45) is 1.16. The Morgan fingerprint density at radius 3 is 2.90 bits per heavy atom. The maximum absolute atomic E-state index is 13.3. The molecular formula is C23H21N3O4S. The van der Waals surface area contributed by atoms with Crippen LogP contribution in [0.3, 0.4) is 0 Å². The highest BCUT2D eigenvalue weighted by Crippen LogP contribution is 2.42.